The average Bonchev–Trinajstić information content (AvgIpc) is 2.16. The zero-order valence-electron chi connectivity index (χ0n) is 10.3. The fourth-order valence-electron chi connectivity index (χ4n) is 1.14. The van der Waals surface area contributed by atoms with E-state index in [2.05, 4.69) is 0 Å². The Morgan fingerprint density at radius 2 is 1.82 bits per heavy atom. The fraction of sp³-hybridized carbons (Fsp3) is 0.545. The van der Waals surface area contributed by atoms with Crippen LogP contribution in [-0.2, 0) is 18.4 Å². The van der Waals surface area contributed by atoms with E-state index in [0.29, 0.717) is 18.8 Å². The van der Waals surface area contributed by atoms with E-state index in [1.54, 1.807) is 32.9 Å². The van der Waals surface area contributed by atoms with E-state index in [1.165, 1.54) is 0 Å². The molecule has 0 aromatic heterocycles. The number of carbonyl (C=O) groups is 1. The summed E-state index contributed by atoms with van der Waals surface area (Å²) >= 11 is 0. The first-order valence-electron chi connectivity index (χ1n) is 5.37. The number of aliphatic carboxylic acids is 1. The predicted octanol–water partition coefficient (Wildman–Crippen LogP) is 1.50. The number of carboxylic acid groups (broad SMARTS) is 1. The molecule has 0 N–H and O–H groups in total. The normalized spacial score (nSPS) is 13.2. The van der Waals surface area contributed by atoms with Gasteiger partial charge in [0.15, 0.2) is 0 Å². The molecule has 0 aromatic rings. The van der Waals surface area contributed by atoms with E-state index in [9.17, 15) is 14.5 Å². The lowest BCUT2D eigenvalue weighted by Crippen LogP contribution is -2.19. The first-order valence-corrected chi connectivity index (χ1v) is 7.10. The summed E-state index contributed by atoms with van der Waals surface area (Å²) in [5.41, 5.74) is 0.504. The molecule has 0 saturated carbocycles. The van der Waals surface area contributed by atoms with Crippen molar-refractivity contribution in [2.75, 3.05) is 19.4 Å². The largest absolute Gasteiger partial charge is 0.545 e. The number of carboxylic acids is 1. The summed E-state index contributed by atoms with van der Waals surface area (Å²) in [7, 11) is -3.09. The summed E-state index contributed by atoms with van der Waals surface area (Å²) in [6, 6.07) is 0. The van der Waals surface area contributed by atoms with Crippen LogP contribution in [0.1, 0.15) is 20.8 Å². The number of hydrogen-bond acceptors (Lipinski definition) is 5. The van der Waals surface area contributed by atoms with Gasteiger partial charge in [-0.1, -0.05) is 12.2 Å². The fourth-order valence-corrected chi connectivity index (χ4v) is 2.57. The van der Waals surface area contributed by atoms with E-state index < -0.39 is 13.6 Å². The monoisotopic (exact) mass is 261 g/mol. The zero-order chi connectivity index (χ0) is 13.3. The Kier molecular flexibility index (Phi) is 7.79. The van der Waals surface area contributed by atoms with E-state index in [4.69, 9.17) is 9.05 Å². The van der Waals surface area contributed by atoms with Gasteiger partial charge in [-0.3, -0.25) is 4.57 Å². The molecule has 0 amide bonds. The molecule has 0 spiro atoms. The van der Waals surface area contributed by atoms with Crippen molar-refractivity contribution in [3.63, 3.8) is 0 Å². The third kappa shape index (κ3) is 7.91. The van der Waals surface area contributed by atoms with Crippen molar-refractivity contribution in [3.05, 3.63) is 23.8 Å². The predicted molar refractivity (Wildman–Crippen MR) is 63.6 cm³/mol. The van der Waals surface area contributed by atoms with Gasteiger partial charge in [-0.15, -0.1) is 0 Å². The van der Waals surface area contributed by atoms with E-state index in [1.807, 2.05) is 0 Å². The lowest BCUT2D eigenvalue weighted by molar-refractivity contribution is -0.297. The summed E-state index contributed by atoms with van der Waals surface area (Å²) in [4.78, 5) is 10.2. The molecule has 0 heterocycles. The second kappa shape index (κ2) is 8.23. The van der Waals surface area contributed by atoms with Crippen LogP contribution in [0.5, 0.6) is 0 Å². The van der Waals surface area contributed by atoms with Crippen LogP contribution in [0, 0.1) is 0 Å². The highest BCUT2D eigenvalue weighted by molar-refractivity contribution is 7.54. The van der Waals surface area contributed by atoms with Gasteiger partial charge in [0.2, 0.25) is 0 Å². The second-order valence-electron chi connectivity index (χ2n) is 3.24. The molecule has 5 nitrogen and oxygen atoms in total. The molecule has 0 bridgehead atoms. The molecule has 0 saturated heterocycles. The summed E-state index contributed by atoms with van der Waals surface area (Å²) < 4.78 is 22.1. The summed E-state index contributed by atoms with van der Waals surface area (Å²) in [6.45, 7) is 5.68. The van der Waals surface area contributed by atoms with E-state index in [-0.39, 0.29) is 6.16 Å². The van der Waals surface area contributed by atoms with Crippen LogP contribution in [0.4, 0.5) is 0 Å². The topological polar surface area (TPSA) is 75.7 Å². The van der Waals surface area contributed by atoms with Gasteiger partial charge in [0.1, 0.15) is 0 Å². The van der Waals surface area contributed by atoms with Crippen LogP contribution in [-0.4, -0.2) is 25.3 Å². The average molecular weight is 261 g/mol. The summed E-state index contributed by atoms with van der Waals surface area (Å²) in [5.74, 6) is -1.26. The Bertz CT molecular complexity index is 336. The molecule has 0 aliphatic carbocycles. The van der Waals surface area contributed by atoms with Gasteiger partial charge in [0, 0.05) is 0 Å². The molecule has 0 atom stereocenters. The van der Waals surface area contributed by atoms with Crippen LogP contribution >= 0.6 is 7.60 Å². The van der Waals surface area contributed by atoms with Crippen molar-refractivity contribution in [3.8, 4) is 0 Å². The van der Waals surface area contributed by atoms with E-state index >= 15 is 0 Å². The molecule has 0 aliphatic rings. The molecule has 17 heavy (non-hydrogen) atoms. The van der Waals surface area contributed by atoms with Crippen LogP contribution in [0.25, 0.3) is 0 Å². The molecule has 0 aromatic carbocycles. The molecule has 0 aliphatic heterocycles. The van der Waals surface area contributed by atoms with Gasteiger partial charge in [0.25, 0.3) is 0 Å². The first-order chi connectivity index (χ1) is 7.93. The SMILES string of the molecule is CCOP(=O)(C/C=C/C(C)=C/C(=O)[O-])OCC. The molecule has 0 rings (SSSR count). The van der Waals surface area contributed by atoms with Crippen molar-refractivity contribution in [2.45, 2.75) is 20.8 Å². The Morgan fingerprint density at radius 1 is 1.29 bits per heavy atom. The molecular formula is C11H18O5P-. The molecule has 0 unspecified atom stereocenters. The van der Waals surface area contributed by atoms with Gasteiger partial charge < -0.3 is 18.9 Å². The highest BCUT2D eigenvalue weighted by Crippen LogP contribution is 2.47. The van der Waals surface area contributed by atoms with Crippen LogP contribution in [0.3, 0.4) is 0 Å². The molecule has 0 fully saturated rings. The van der Waals surface area contributed by atoms with Crippen molar-refractivity contribution in [2.24, 2.45) is 0 Å². The number of carbonyl (C=O) groups excluding carboxylic acids is 1. The Hall–Kier alpha value is -0.900. The number of hydrogen-bond donors (Lipinski definition) is 0. The third-order valence-corrected chi connectivity index (χ3v) is 3.67. The molecule has 98 valence electrons. The highest BCUT2D eigenvalue weighted by Gasteiger charge is 2.20. The van der Waals surface area contributed by atoms with Crippen molar-refractivity contribution in [1.29, 1.82) is 0 Å². The van der Waals surface area contributed by atoms with Gasteiger partial charge in [0.05, 0.1) is 25.3 Å². The maximum atomic E-state index is 12.0. The van der Waals surface area contributed by atoms with Gasteiger partial charge in [-0.25, -0.2) is 0 Å². The molecular weight excluding hydrogens is 243 g/mol. The van der Waals surface area contributed by atoms with E-state index in [0.717, 1.165) is 6.08 Å². The Balaban J connectivity index is 4.45. The van der Waals surface area contributed by atoms with Gasteiger partial charge in [-0.05, 0) is 32.4 Å². The highest BCUT2D eigenvalue weighted by atomic mass is 31.2. The number of allylic oxidation sites excluding steroid dienone is 3. The minimum absolute atomic E-state index is 0.118. The van der Waals surface area contributed by atoms with Crippen molar-refractivity contribution >= 4 is 13.6 Å². The summed E-state index contributed by atoms with van der Waals surface area (Å²) in [5, 5.41) is 10.2. The molecule has 0 radical (unpaired) electrons. The van der Waals surface area contributed by atoms with Crippen LogP contribution in [0.2, 0.25) is 0 Å². The quantitative estimate of drug-likeness (QED) is 0.376. The first kappa shape index (κ1) is 16.1. The van der Waals surface area contributed by atoms with Gasteiger partial charge in [-0.2, -0.15) is 0 Å². The minimum Gasteiger partial charge on any atom is -0.545 e. The Labute approximate surface area is 102 Å². The maximum Gasteiger partial charge on any atom is 0.334 e. The zero-order valence-corrected chi connectivity index (χ0v) is 11.2. The second-order valence-corrected chi connectivity index (χ2v) is 5.34. The Morgan fingerprint density at radius 3 is 2.24 bits per heavy atom. The number of rotatable bonds is 8. The van der Waals surface area contributed by atoms with Crippen molar-refractivity contribution < 1.29 is 23.5 Å². The van der Waals surface area contributed by atoms with Gasteiger partial charge >= 0.3 is 7.60 Å². The van der Waals surface area contributed by atoms with Crippen LogP contribution < -0.4 is 5.11 Å². The smallest absolute Gasteiger partial charge is 0.334 e. The maximum absolute atomic E-state index is 12.0. The lowest BCUT2D eigenvalue weighted by Gasteiger charge is -2.14. The molecule has 6 heteroatoms. The van der Waals surface area contributed by atoms with Crippen LogP contribution in [0.15, 0.2) is 23.8 Å². The van der Waals surface area contributed by atoms with Crippen molar-refractivity contribution in [1.82, 2.24) is 0 Å². The lowest BCUT2D eigenvalue weighted by atomic mass is 10.2. The standard InChI is InChI=1S/C11H19O5P/c1-4-15-17(14,16-5-2)8-6-7-10(3)9-11(12)13/h6-7,9H,4-5,8H2,1-3H3,(H,12,13)/p-1/b7-6+,10-9+. The third-order valence-electron chi connectivity index (χ3n) is 1.71. The minimum atomic E-state index is -3.09. The summed E-state index contributed by atoms with van der Waals surface area (Å²) in [6.07, 6.45) is 4.19.